The zero-order valence-corrected chi connectivity index (χ0v) is 12.1. The molecular formula is C15H17N3O3. The van der Waals surface area contributed by atoms with Crippen molar-refractivity contribution in [1.82, 2.24) is 4.98 Å². The van der Waals surface area contributed by atoms with Crippen molar-refractivity contribution in [2.75, 3.05) is 25.3 Å². The second kappa shape index (κ2) is 6.13. The van der Waals surface area contributed by atoms with Crippen molar-refractivity contribution in [2.45, 2.75) is 6.92 Å². The van der Waals surface area contributed by atoms with Crippen LogP contribution >= 0.6 is 0 Å². The van der Waals surface area contributed by atoms with Gasteiger partial charge in [0.25, 0.3) is 5.91 Å². The second-order valence-corrected chi connectivity index (χ2v) is 4.39. The van der Waals surface area contributed by atoms with Crippen LogP contribution in [-0.2, 0) is 0 Å². The van der Waals surface area contributed by atoms with E-state index in [4.69, 9.17) is 15.2 Å². The minimum Gasteiger partial charge on any atom is -0.493 e. The number of nitrogens with two attached hydrogens (primary N) is 1. The van der Waals surface area contributed by atoms with Gasteiger partial charge in [0.05, 0.1) is 25.6 Å². The standard InChI is InChI=1S/C15H17N3O3/c1-9-11(5-7-14(16)17-9)18-15(19)10-4-6-12(20-2)13(8-10)21-3/h4-8H,1-3H3,(H2,16,17)(H,18,19). The molecule has 0 aliphatic rings. The van der Waals surface area contributed by atoms with Crippen molar-refractivity contribution >= 4 is 17.4 Å². The molecule has 0 saturated heterocycles. The predicted molar refractivity (Wildman–Crippen MR) is 80.9 cm³/mol. The maximum atomic E-state index is 12.3. The molecule has 0 bridgehead atoms. The van der Waals surface area contributed by atoms with Crippen LogP contribution in [0.2, 0.25) is 0 Å². The first-order chi connectivity index (χ1) is 10.0. The first-order valence-corrected chi connectivity index (χ1v) is 6.31. The molecule has 0 aliphatic carbocycles. The van der Waals surface area contributed by atoms with Crippen LogP contribution in [0.25, 0.3) is 0 Å². The van der Waals surface area contributed by atoms with E-state index < -0.39 is 0 Å². The van der Waals surface area contributed by atoms with E-state index in [-0.39, 0.29) is 5.91 Å². The number of benzene rings is 1. The molecule has 0 unspecified atom stereocenters. The highest BCUT2D eigenvalue weighted by Crippen LogP contribution is 2.28. The number of anilines is 2. The predicted octanol–water partition coefficient (Wildman–Crippen LogP) is 2.24. The third-order valence-electron chi connectivity index (χ3n) is 3.00. The van der Waals surface area contributed by atoms with Crippen LogP contribution in [0.3, 0.4) is 0 Å². The van der Waals surface area contributed by atoms with Gasteiger partial charge in [-0.2, -0.15) is 0 Å². The number of aromatic nitrogens is 1. The minimum atomic E-state index is -0.259. The zero-order valence-electron chi connectivity index (χ0n) is 12.1. The molecule has 2 rings (SSSR count). The van der Waals surface area contributed by atoms with Gasteiger partial charge >= 0.3 is 0 Å². The molecule has 6 nitrogen and oxygen atoms in total. The highest BCUT2D eigenvalue weighted by atomic mass is 16.5. The summed E-state index contributed by atoms with van der Waals surface area (Å²) in [4.78, 5) is 16.4. The number of carbonyl (C=O) groups excluding carboxylic acids is 1. The van der Waals surface area contributed by atoms with Crippen LogP contribution in [0.15, 0.2) is 30.3 Å². The quantitative estimate of drug-likeness (QED) is 0.900. The highest BCUT2D eigenvalue weighted by molar-refractivity contribution is 6.05. The van der Waals surface area contributed by atoms with Crippen LogP contribution in [-0.4, -0.2) is 25.1 Å². The molecule has 21 heavy (non-hydrogen) atoms. The topological polar surface area (TPSA) is 86.5 Å². The van der Waals surface area contributed by atoms with Gasteiger partial charge in [-0.15, -0.1) is 0 Å². The first-order valence-electron chi connectivity index (χ1n) is 6.31. The molecule has 0 fully saturated rings. The van der Waals surface area contributed by atoms with E-state index in [1.807, 2.05) is 0 Å². The summed E-state index contributed by atoms with van der Waals surface area (Å²) in [6.07, 6.45) is 0. The first kappa shape index (κ1) is 14.6. The van der Waals surface area contributed by atoms with Crippen molar-refractivity contribution in [3.63, 3.8) is 0 Å². The summed E-state index contributed by atoms with van der Waals surface area (Å²) in [5.41, 5.74) is 7.32. The Morgan fingerprint density at radius 3 is 2.48 bits per heavy atom. The monoisotopic (exact) mass is 287 g/mol. The Balaban J connectivity index is 2.24. The number of nitrogens with zero attached hydrogens (tertiary/aromatic N) is 1. The van der Waals surface area contributed by atoms with Crippen molar-refractivity contribution < 1.29 is 14.3 Å². The number of aryl methyl sites for hydroxylation is 1. The van der Waals surface area contributed by atoms with Gasteiger partial charge in [0.1, 0.15) is 5.82 Å². The Hall–Kier alpha value is -2.76. The van der Waals surface area contributed by atoms with Gasteiger partial charge in [0.15, 0.2) is 11.5 Å². The third-order valence-corrected chi connectivity index (χ3v) is 3.00. The van der Waals surface area contributed by atoms with Gasteiger partial charge in [-0.3, -0.25) is 4.79 Å². The molecule has 0 aliphatic heterocycles. The smallest absolute Gasteiger partial charge is 0.255 e. The van der Waals surface area contributed by atoms with Gasteiger partial charge < -0.3 is 20.5 Å². The van der Waals surface area contributed by atoms with Gasteiger partial charge in [-0.1, -0.05) is 0 Å². The van der Waals surface area contributed by atoms with Gasteiger partial charge in [0, 0.05) is 5.56 Å². The maximum Gasteiger partial charge on any atom is 0.255 e. The van der Waals surface area contributed by atoms with Gasteiger partial charge in [-0.25, -0.2) is 4.98 Å². The number of rotatable bonds is 4. The summed E-state index contributed by atoms with van der Waals surface area (Å²) in [6, 6.07) is 8.32. The molecule has 110 valence electrons. The van der Waals surface area contributed by atoms with E-state index in [9.17, 15) is 4.79 Å². The van der Waals surface area contributed by atoms with Crippen molar-refractivity contribution in [1.29, 1.82) is 0 Å². The SMILES string of the molecule is COc1ccc(C(=O)Nc2ccc(N)nc2C)cc1OC. The summed E-state index contributed by atoms with van der Waals surface area (Å²) in [7, 11) is 3.06. The minimum absolute atomic E-state index is 0.259. The lowest BCUT2D eigenvalue weighted by Crippen LogP contribution is -2.13. The van der Waals surface area contributed by atoms with Crippen LogP contribution in [0.5, 0.6) is 11.5 Å². The number of hydrogen-bond donors (Lipinski definition) is 2. The molecule has 0 saturated carbocycles. The van der Waals surface area contributed by atoms with Crippen molar-refractivity contribution in [3.8, 4) is 11.5 Å². The highest BCUT2D eigenvalue weighted by Gasteiger charge is 2.12. The summed E-state index contributed by atoms with van der Waals surface area (Å²) in [5.74, 6) is 1.22. The Kier molecular flexibility index (Phi) is 4.27. The molecular weight excluding hydrogens is 270 g/mol. The average molecular weight is 287 g/mol. The van der Waals surface area contributed by atoms with Gasteiger partial charge in [0.2, 0.25) is 0 Å². The van der Waals surface area contributed by atoms with Crippen LogP contribution in [0, 0.1) is 6.92 Å². The number of carbonyl (C=O) groups is 1. The van der Waals surface area contributed by atoms with E-state index in [0.717, 1.165) is 0 Å². The summed E-state index contributed by atoms with van der Waals surface area (Å²) in [5, 5.41) is 2.79. The number of ether oxygens (including phenoxy) is 2. The Bertz CT molecular complexity index is 671. The molecule has 1 amide bonds. The number of methoxy groups -OCH3 is 2. The lowest BCUT2D eigenvalue weighted by Gasteiger charge is -2.11. The van der Waals surface area contributed by atoms with E-state index in [0.29, 0.717) is 34.3 Å². The van der Waals surface area contributed by atoms with Crippen LogP contribution in [0.4, 0.5) is 11.5 Å². The summed E-state index contributed by atoms with van der Waals surface area (Å²) < 4.78 is 10.3. The van der Waals surface area contributed by atoms with Crippen LogP contribution in [0.1, 0.15) is 16.1 Å². The Morgan fingerprint density at radius 2 is 1.86 bits per heavy atom. The number of pyridine rings is 1. The second-order valence-electron chi connectivity index (χ2n) is 4.39. The molecule has 0 spiro atoms. The molecule has 6 heteroatoms. The van der Waals surface area contributed by atoms with E-state index in [1.165, 1.54) is 7.11 Å². The molecule has 1 aromatic carbocycles. The fraction of sp³-hybridized carbons (Fsp3) is 0.200. The fourth-order valence-electron chi connectivity index (χ4n) is 1.88. The van der Waals surface area contributed by atoms with Gasteiger partial charge in [-0.05, 0) is 37.3 Å². The van der Waals surface area contributed by atoms with Crippen LogP contribution < -0.4 is 20.5 Å². The number of nitrogen functional groups attached to an aromatic ring is 1. The molecule has 0 radical (unpaired) electrons. The molecule has 0 atom stereocenters. The van der Waals surface area contributed by atoms with E-state index in [2.05, 4.69) is 10.3 Å². The Morgan fingerprint density at radius 1 is 1.14 bits per heavy atom. The number of amides is 1. The summed E-state index contributed by atoms with van der Waals surface area (Å²) in [6.45, 7) is 1.78. The van der Waals surface area contributed by atoms with Crippen molar-refractivity contribution in [3.05, 3.63) is 41.6 Å². The molecule has 1 aromatic heterocycles. The lowest BCUT2D eigenvalue weighted by atomic mass is 10.1. The molecule has 3 N–H and O–H groups in total. The number of nitrogens with one attached hydrogen (secondary N) is 1. The number of hydrogen-bond acceptors (Lipinski definition) is 5. The normalized spacial score (nSPS) is 10.0. The lowest BCUT2D eigenvalue weighted by molar-refractivity contribution is 0.102. The van der Waals surface area contributed by atoms with Crippen molar-refractivity contribution in [2.24, 2.45) is 0 Å². The van der Waals surface area contributed by atoms with E-state index in [1.54, 1.807) is 44.4 Å². The molecule has 1 heterocycles. The third kappa shape index (κ3) is 3.22. The fourth-order valence-corrected chi connectivity index (χ4v) is 1.88. The summed E-state index contributed by atoms with van der Waals surface area (Å²) >= 11 is 0. The zero-order chi connectivity index (χ0) is 15.4. The Labute approximate surface area is 122 Å². The molecule has 2 aromatic rings. The van der Waals surface area contributed by atoms with E-state index >= 15 is 0 Å². The maximum absolute atomic E-state index is 12.3. The average Bonchev–Trinajstić information content (AvgIpc) is 2.49. The largest absolute Gasteiger partial charge is 0.493 e.